The van der Waals surface area contributed by atoms with Crippen LogP contribution in [-0.2, 0) is 4.79 Å². The molecule has 2 heterocycles. The molecule has 106 valence electrons. The van der Waals surface area contributed by atoms with Crippen molar-refractivity contribution in [3.8, 4) is 0 Å². The zero-order chi connectivity index (χ0) is 14.7. The van der Waals surface area contributed by atoms with Crippen molar-refractivity contribution in [2.24, 2.45) is 0 Å². The van der Waals surface area contributed by atoms with Gasteiger partial charge in [0.25, 0.3) is 5.91 Å². The van der Waals surface area contributed by atoms with E-state index in [9.17, 15) is 14.4 Å². The Morgan fingerprint density at radius 3 is 2.80 bits per heavy atom. The van der Waals surface area contributed by atoms with Crippen LogP contribution in [0.3, 0.4) is 0 Å². The molecule has 1 aliphatic rings. The zero-order valence-corrected chi connectivity index (χ0v) is 11.1. The highest BCUT2D eigenvalue weighted by atomic mass is 16.4. The van der Waals surface area contributed by atoms with E-state index in [-0.39, 0.29) is 23.7 Å². The topological polar surface area (TPSA) is 90.8 Å². The number of hydrogen-bond donors (Lipinski definition) is 1. The Labute approximate surface area is 115 Å². The second kappa shape index (κ2) is 5.68. The van der Waals surface area contributed by atoms with Crippen LogP contribution in [0.4, 0.5) is 0 Å². The molecule has 0 bridgehead atoms. The number of hydrogen-bond acceptors (Lipinski definition) is 4. The lowest BCUT2D eigenvalue weighted by Crippen LogP contribution is -2.38. The van der Waals surface area contributed by atoms with E-state index in [1.54, 1.807) is 11.9 Å². The Kier molecular flexibility index (Phi) is 3.97. The van der Waals surface area contributed by atoms with Gasteiger partial charge in [-0.3, -0.25) is 14.6 Å². The molecular formula is C13H15N3O4. The Bertz CT molecular complexity index is 558. The van der Waals surface area contributed by atoms with Gasteiger partial charge in [-0.05, 0) is 18.6 Å². The molecular weight excluding hydrogens is 262 g/mol. The van der Waals surface area contributed by atoms with Crippen molar-refractivity contribution < 1.29 is 19.5 Å². The van der Waals surface area contributed by atoms with Crippen molar-refractivity contribution in [3.63, 3.8) is 0 Å². The summed E-state index contributed by atoms with van der Waals surface area (Å²) in [5.74, 6) is -1.89. The molecule has 1 saturated heterocycles. The number of carboxylic acids is 1. The fourth-order valence-electron chi connectivity index (χ4n) is 2.06. The summed E-state index contributed by atoms with van der Waals surface area (Å²) >= 11 is 0. The van der Waals surface area contributed by atoms with Crippen LogP contribution in [0.1, 0.15) is 27.3 Å². The minimum atomic E-state index is -1.21. The fraction of sp³-hybridized carbons (Fsp3) is 0.385. The van der Waals surface area contributed by atoms with Gasteiger partial charge in [-0.1, -0.05) is 0 Å². The van der Waals surface area contributed by atoms with E-state index in [2.05, 4.69) is 4.98 Å². The number of carbonyl (C=O) groups excluding carboxylic acids is 2. The number of pyridine rings is 1. The summed E-state index contributed by atoms with van der Waals surface area (Å²) in [5, 5.41) is 9.08. The SMILES string of the molecule is CN1CCCN(C(=O)c2ncccc2C(=O)O)CC1=O. The lowest BCUT2D eigenvalue weighted by molar-refractivity contribution is -0.129. The lowest BCUT2D eigenvalue weighted by Gasteiger charge is -2.19. The van der Waals surface area contributed by atoms with Crippen molar-refractivity contribution in [2.45, 2.75) is 6.42 Å². The zero-order valence-electron chi connectivity index (χ0n) is 11.1. The highest BCUT2D eigenvalue weighted by Gasteiger charge is 2.27. The molecule has 1 aromatic heterocycles. The predicted octanol–water partition coefficient (Wildman–Crippen LogP) is 0.0841. The average molecular weight is 277 g/mol. The van der Waals surface area contributed by atoms with E-state index >= 15 is 0 Å². The van der Waals surface area contributed by atoms with Crippen molar-refractivity contribution >= 4 is 17.8 Å². The summed E-state index contributed by atoms with van der Waals surface area (Å²) in [4.78, 5) is 42.0. The van der Waals surface area contributed by atoms with Gasteiger partial charge in [-0.25, -0.2) is 4.79 Å². The molecule has 7 heteroatoms. The molecule has 0 saturated carbocycles. The van der Waals surface area contributed by atoms with Crippen molar-refractivity contribution in [3.05, 3.63) is 29.6 Å². The Morgan fingerprint density at radius 2 is 2.10 bits per heavy atom. The molecule has 0 radical (unpaired) electrons. The van der Waals surface area contributed by atoms with Gasteiger partial charge < -0.3 is 14.9 Å². The second-order valence-electron chi connectivity index (χ2n) is 4.60. The molecule has 2 rings (SSSR count). The van der Waals surface area contributed by atoms with Crippen LogP contribution in [0.25, 0.3) is 0 Å². The van der Waals surface area contributed by atoms with Gasteiger partial charge in [0.1, 0.15) is 12.2 Å². The van der Waals surface area contributed by atoms with Crippen molar-refractivity contribution in [1.29, 1.82) is 0 Å². The van der Waals surface area contributed by atoms with E-state index in [0.717, 1.165) is 0 Å². The number of aromatic nitrogens is 1. The van der Waals surface area contributed by atoms with Crippen molar-refractivity contribution in [1.82, 2.24) is 14.8 Å². The minimum Gasteiger partial charge on any atom is -0.478 e. The van der Waals surface area contributed by atoms with Gasteiger partial charge in [0, 0.05) is 26.3 Å². The summed E-state index contributed by atoms with van der Waals surface area (Å²) in [6, 6.07) is 2.79. The summed E-state index contributed by atoms with van der Waals surface area (Å²) in [5.41, 5.74) is -0.278. The number of rotatable bonds is 2. The molecule has 2 amide bonds. The molecule has 0 aliphatic carbocycles. The Hall–Kier alpha value is -2.44. The first-order chi connectivity index (χ1) is 9.50. The number of carbonyl (C=O) groups is 3. The van der Waals surface area contributed by atoms with Gasteiger partial charge in [-0.2, -0.15) is 0 Å². The summed E-state index contributed by atoms with van der Waals surface area (Å²) < 4.78 is 0. The van der Waals surface area contributed by atoms with E-state index in [0.29, 0.717) is 19.5 Å². The first-order valence-electron chi connectivity index (χ1n) is 6.22. The summed E-state index contributed by atoms with van der Waals surface area (Å²) in [6.45, 7) is 0.937. The maximum absolute atomic E-state index is 12.4. The number of likely N-dealkylation sites (N-methyl/N-ethyl adjacent to an activating group) is 1. The first kappa shape index (κ1) is 14.0. The molecule has 0 aromatic carbocycles. The fourth-order valence-corrected chi connectivity index (χ4v) is 2.06. The predicted molar refractivity (Wildman–Crippen MR) is 69.4 cm³/mol. The van der Waals surface area contributed by atoms with Crippen LogP contribution in [0.2, 0.25) is 0 Å². The van der Waals surface area contributed by atoms with Gasteiger partial charge >= 0.3 is 5.97 Å². The van der Waals surface area contributed by atoms with Crippen LogP contribution in [0.5, 0.6) is 0 Å². The average Bonchev–Trinajstić information content (AvgIpc) is 2.60. The van der Waals surface area contributed by atoms with Crippen LogP contribution < -0.4 is 0 Å². The summed E-state index contributed by atoms with van der Waals surface area (Å²) in [6.07, 6.45) is 2.02. The van der Waals surface area contributed by atoms with E-state index in [1.165, 1.54) is 23.2 Å². The van der Waals surface area contributed by atoms with Crippen LogP contribution in [0.15, 0.2) is 18.3 Å². The molecule has 0 spiro atoms. The monoisotopic (exact) mass is 277 g/mol. The normalized spacial score (nSPS) is 15.9. The highest BCUT2D eigenvalue weighted by Crippen LogP contribution is 2.11. The quantitative estimate of drug-likeness (QED) is 0.827. The Morgan fingerprint density at radius 1 is 1.35 bits per heavy atom. The first-order valence-corrected chi connectivity index (χ1v) is 6.22. The van der Waals surface area contributed by atoms with Crippen LogP contribution in [-0.4, -0.2) is 64.4 Å². The maximum Gasteiger partial charge on any atom is 0.338 e. The standard InChI is InChI=1S/C13H15N3O4/c1-15-6-3-7-16(8-10(15)17)12(18)11-9(13(19)20)4-2-5-14-11/h2,4-5H,3,6-8H2,1H3,(H,19,20). The van der Waals surface area contributed by atoms with Gasteiger partial charge in [0.05, 0.1) is 5.56 Å². The van der Waals surface area contributed by atoms with E-state index in [1.807, 2.05) is 0 Å². The molecule has 0 atom stereocenters. The molecule has 7 nitrogen and oxygen atoms in total. The lowest BCUT2D eigenvalue weighted by atomic mass is 10.1. The third-order valence-corrected chi connectivity index (χ3v) is 3.20. The van der Waals surface area contributed by atoms with E-state index < -0.39 is 11.9 Å². The van der Waals surface area contributed by atoms with Crippen LogP contribution in [0, 0.1) is 0 Å². The second-order valence-corrected chi connectivity index (χ2v) is 4.60. The smallest absolute Gasteiger partial charge is 0.338 e. The van der Waals surface area contributed by atoms with E-state index in [4.69, 9.17) is 5.11 Å². The third-order valence-electron chi connectivity index (χ3n) is 3.20. The molecule has 1 fully saturated rings. The molecule has 20 heavy (non-hydrogen) atoms. The number of aromatic carboxylic acids is 1. The molecule has 1 aliphatic heterocycles. The largest absolute Gasteiger partial charge is 0.478 e. The minimum absolute atomic E-state index is 0.0506. The third kappa shape index (κ3) is 2.76. The molecule has 1 aromatic rings. The van der Waals surface area contributed by atoms with Crippen LogP contribution >= 0.6 is 0 Å². The van der Waals surface area contributed by atoms with Gasteiger partial charge in [0.2, 0.25) is 5.91 Å². The Balaban J connectivity index is 2.27. The highest BCUT2D eigenvalue weighted by molar-refractivity contribution is 6.04. The molecule has 1 N–H and O–H groups in total. The van der Waals surface area contributed by atoms with Crippen molar-refractivity contribution in [2.75, 3.05) is 26.7 Å². The van der Waals surface area contributed by atoms with Gasteiger partial charge in [-0.15, -0.1) is 0 Å². The summed E-state index contributed by atoms with van der Waals surface area (Å²) in [7, 11) is 1.68. The maximum atomic E-state index is 12.4. The number of amides is 2. The van der Waals surface area contributed by atoms with Gasteiger partial charge in [0.15, 0.2) is 0 Å². The number of nitrogens with zero attached hydrogens (tertiary/aromatic N) is 3. The number of carboxylic acid groups (broad SMARTS) is 1. The molecule has 0 unspecified atom stereocenters.